The largest absolute Gasteiger partial charge is 0.497 e. The maximum absolute atomic E-state index is 13.1. The summed E-state index contributed by atoms with van der Waals surface area (Å²) in [5.74, 6) is 1.87. The first-order valence-electron chi connectivity index (χ1n) is 11.9. The zero-order chi connectivity index (χ0) is 24.9. The second-order valence-electron chi connectivity index (χ2n) is 9.15. The van der Waals surface area contributed by atoms with E-state index in [2.05, 4.69) is 5.32 Å². The van der Waals surface area contributed by atoms with Crippen molar-refractivity contribution < 1.29 is 19.1 Å². The second kappa shape index (κ2) is 10.6. The zero-order valence-electron chi connectivity index (χ0n) is 20.7. The maximum Gasteiger partial charge on any atom is 0.246 e. The van der Waals surface area contributed by atoms with Crippen LogP contribution in [0.4, 0.5) is 5.95 Å². The Balaban J connectivity index is 1.60. The summed E-state index contributed by atoms with van der Waals surface area (Å²) in [7, 11) is 3.24. The van der Waals surface area contributed by atoms with Crippen molar-refractivity contribution >= 4 is 17.8 Å². The third kappa shape index (κ3) is 6.01. The van der Waals surface area contributed by atoms with Gasteiger partial charge in [0.25, 0.3) is 0 Å². The number of anilines is 1. The van der Waals surface area contributed by atoms with Crippen LogP contribution in [0, 0.1) is 5.92 Å². The number of carbonyl (C=O) groups is 2. The number of benzene rings is 2. The molecule has 4 rings (SSSR count). The monoisotopic (exact) mass is 476 g/mol. The van der Waals surface area contributed by atoms with Gasteiger partial charge in [0, 0.05) is 29.9 Å². The molecule has 1 aromatic heterocycles. The van der Waals surface area contributed by atoms with Crippen molar-refractivity contribution in [3.05, 3.63) is 54.7 Å². The molecule has 0 bridgehead atoms. The molecule has 2 amide bonds. The lowest BCUT2D eigenvalue weighted by molar-refractivity contribution is -0.135. The third-order valence-corrected chi connectivity index (χ3v) is 5.90. The molecule has 8 nitrogen and oxygen atoms in total. The summed E-state index contributed by atoms with van der Waals surface area (Å²) in [5, 5.41) is 2.93. The number of hydrogen-bond donors (Lipinski definition) is 1. The van der Waals surface area contributed by atoms with Crippen molar-refractivity contribution in [3.63, 3.8) is 0 Å². The molecule has 1 heterocycles. The molecule has 184 valence electrons. The maximum atomic E-state index is 13.1. The van der Waals surface area contributed by atoms with Crippen LogP contribution in [0.15, 0.2) is 54.7 Å². The van der Waals surface area contributed by atoms with E-state index in [1.54, 1.807) is 19.1 Å². The van der Waals surface area contributed by atoms with E-state index in [0.717, 1.165) is 35.6 Å². The van der Waals surface area contributed by atoms with Crippen LogP contribution in [-0.4, -0.2) is 53.1 Å². The SMILES string of the molecule is COc1ccc(-c2cn(-c3ccc(OC)cc3)c(NC(=O)CN(C(=O)CC(C)C)C3CC3)n2)cc1. The minimum atomic E-state index is -0.268. The Labute approximate surface area is 205 Å². The Morgan fingerprint density at radius 2 is 1.63 bits per heavy atom. The minimum absolute atomic E-state index is 0.0174. The van der Waals surface area contributed by atoms with Crippen LogP contribution in [0.25, 0.3) is 16.9 Å². The van der Waals surface area contributed by atoms with E-state index in [0.29, 0.717) is 18.1 Å². The lowest BCUT2D eigenvalue weighted by atomic mass is 10.1. The normalized spacial score (nSPS) is 12.9. The first-order chi connectivity index (χ1) is 16.9. The smallest absolute Gasteiger partial charge is 0.246 e. The molecule has 2 aromatic carbocycles. The van der Waals surface area contributed by atoms with Gasteiger partial charge in [-0.3, -0.25) is 19.5 Å². The highest BCUT2D eigenvalue weighted by molar-refractivity contribution is 5.94. The van der Waals surface area contributed by atoms with Crippen LogP contribution in [0.5, 0.6) is 11.5 Å². The lowest BCUT2D eigenvalue weighted by Gasteiger charge is -2.22. The van der Waals surface area contributed by atoms with Crippen molar-refractivity contribution in [1.29, 1.82) is 0 Å². The number of rotatable bonds is 10. The molecular weight excluding hydrogens is 444 g/mol. The number of aromatic nitrogens is 2. The summed E-state index contributed by atoms with van der Waals surface area (Å²) in [5.41, 5.74) is 2.41. The second-order valence-corrected chi connectivity index (χ2v) is 9.15. The fourth-order valence-electron chi connectivity index (χ4n) is 3.90. The van der Waals surface area contributed by atoms with E-state index < -0.39 is 0 Å². The van der Waals surface area contributed by atoms with Gasteiger partial charge in [-0.25, -0.2) is 4.98 Å². The fraction of sp³-hybridized carbons (Fsp3) is 0.370. The predicted octanol–water partition coefficient (Wildman–Crippen LogP) is 4.53. The first-order valence-corrected chi connectivity index (χ1v) is 11.9. The summed E-state index contributed by atoms with van der Waals surface area (Å²) in [6, 6.07) is 15.2. The molecule has 3 aromatic rings. The van der Waals surface area contributed by atoms with Crippen LogP contribution in [-0.2, 0) is 9.59 Å². The number of ether oxygens (including phenoxy) is 2. The molecule has 35 heavy (non-hydrogen) atoms. The van der Waals surface area contributed by atoms with Gasteiger partial charge in [-0.05, 0) is 67.3 Å². The minimum Gasteiger partial charge on any atom is -0.497 e. The van der Waals surface area contributed by atoms with Crippen molar-refractivity contribution in [3.8, 4) is 28.4 Å². The quantitative estimate of drug-likeness (QED) is 0.465. The first kappa shape index (κ1) is 24.3. The highest BCUT2D eigenvalue weighted by atomic mass is 16.5. The van der Waals surface area contributed by atoms with E-state index in [1.807, 2.05) is 73.1 Å². The molecule has 0 aliphatic heterocycles. The Hall–Kier alpha value is -3.81. The number of carbonyl (C=O) groups excluding carboxylic acids is 2. The average molecular weight is 477 g/mol. The van der Waals surface area contributed by atoms with Gasteiger partial charge in [-0.15, -0.1) is 0 Å². The molecule has 0 saturated heterocycles. The Bertz CT molecular complexity index is 1160. The van der Waals surface area contributed by atoms with E-state index in [-0.39, 0.29) is 30.3 Å². The summed E-state index contributed by atoms with van der Waals surface area (Å²) >= 11 is 0. The van der Waals surface area contributed by atoms with Crippen LogP contribution in [0.3, 0.4) is 0 Å². The Morgan fingerprint density at radius 1 is 1.03 bits per heavy atom. The Kier molecular flexibility index (Phi) is 7.39. The highest BCUT2D eigenvalue weighted by Crippen LogP contribution is 2.29. The lowest BCUT2D eigenvalue weighted by Crippen LogP contribution is -2.40. The molecular formula is C27H32N4O4. The molecule has 8 heteroatoms. The van der Waals surface area contributed by atoms with Crippen molar-refractivity contribution in [2.75, 3.05) is 26.1 Å². The predicted molar refractivity (Wildman–Crippen MR) is 135 cm³/mol. The van der Waals surface area contributed by atoms with Crippen LogP contribution < -0.4 is 14.8 Å². The van der Waals surface area contributed by atoms with Gasteiger partial charge in [0.1, 0.15) is 18.0 Å². The molecule has 0 unspecified atom stereocenters. The van der Waals surface area contributed by atoms with Crippen molar-refractivity contribution in [1.82, 2.24) is 14.5 Å². The van der Waals surface area contributed by atoms with Gasteiger partial charge >= 0.3 is 0 Å². The number of imidazole rings is 1. The molecule has 0 atom stereocenters. The number of methoxy groups -OCH3 is 2. The average Bonchev–Trinajstić information content (AvgIpc) is 3.62. The van der Waals surface area contributed by atoms with Gasteiger partial charge in [0.2, 0.25) is 17.8 Å². The van der Waals surface area contributed by atoms with Gasteiger partial charge in [0.15, 0.2) is 0 Å². The van der Waals surface area contributed by atoms with E-state index in [4.69, 9.17) is 14.5 Å². The molecule has 1 fully saturated rings. The number of amides is 2. The molecule has 1 aliphatic carbocycles. The summed E-state index contributed by atoms with van der Waals surface area (Å²) in [4.78, 5) is 32.2. The van der Waals surface area contributed by atoms with Gasteiger partial charge in [0.05, 0.1) is 19.9 Å². The molecule has 1 aliphatic rings. The molecule has 0 spiro atoms. The van der Waals surface area contributed by atoms with Gasteiger partial charge in [-0.2, -0.15) is 0 Å². The van der Waals surface area contributed by atoms with E-state index in [1.165, 1.54) is 0 Å². The van der Waals surface area contributed by atoms with Crippen LogP contribution in [0.2, 0.25) is 0 Å². The molecule has 0 radical (unpaired) electrons. The summed E-state index contributed by atoms with van der Waals surface area (Å²) in [6.45, 7) is 4.04. The van der Waals surface area contributed by atoms with Gasteiger partial charge < -0.3 is 14.4 Å². The van der Waals surface area contributed by atoms with Gasteiger partial charge in [-0.1, -0.05) is 13.8 Å². The standard InChI is InChI=1S/C27H32N4O4/c1-18(2)15-26(33)30(20-7-8-20)17-25(32)29-27-28-24(19-5-11-22(34-3)12-6-19)16-31(27)21-9-13-23(35-4)14-10-21/h5-6,9-14,16,18,20H,7-8,15,17H2,1-4H3,(H,28,29,32). The van der Waals surface area contributed by atoms with E-state index >= 15 is 0 Å². The number of nitrogens with zero attached hydrogens (tertiary/aromatic N) is 3. The number of nitrogens with one attached hydrogen (secondary N) is 1. The van der Waals surface area contributed by atoms with Crippen molar-refractivity contribution in [2.45, 2.75) is 39.2 Å². The third-order valence-electron chi connectivity index (χ3n) is 5.90. The zero-order valence-corrected chi connectivity index (χ0v) is 20.7. The fourth-order valence-corrected chi connectivity index (χ4v) is 3.90. The van der Waals surface area contributed by atoms with Crippen LogP contribution >= 0.6 is 0 Å². The highest BCUT2D eigenvalue weighted by Gasteiger charge is 2.34. The molecule has 1 saturated carbocycles. The molecule has 1 N–H and O–H groups in total. The Morgan fingerprint density at radius 3 is 2.17 bits per heavy atom. The topological polar surface area (TPSA) is 85.7 Å². The summed E-state index contributed by atoms with van der Waals surface area (Å²) in [6.07, 6.45) is 4.20. The van der Waals surface area contributed by atoms with E-state index in [9.17, 15) is 9.59 Å². The summed E-state index contributed by atoms with van der Waals surface area (Å²) < 4.78 is 12.4. The van der Waals surface area contributed by atoms with Crippen molar-refractivity contribution in [2.24, 2.45) is 5.92 Å². The van der Waals surface area contributed by atoms with Crippen LogP contribution in [0.1, 0.15) is 33.1 Å². The number of hydrogen-bond acceptors (Lipinski definition) is 5.